The maximum Gasteiger partial charge on any atom is 0.326 e. The number of nitrogens with zero attached hydrogens (tertiary/aromatic N) is 1. The smallest absolute Gasteiger partial charge is 0.326 e. The molecule has 2 unspecified atom stereocenters. The summed E-state index contributed by atoms with van der Waals surface area (Å²) in [5, 5.41) is 9.56. The van der Waals surface area contributed by atoms with Crippen molar-refractivity contribution in [3.8, 4) is 5.75 Å². The first kappa shape index (κ1) is 15.6. The Morgan fingerprint density at radius 1 is 1.33 bits per heavy atom. The van der Waals surface area contributed by atoms with E-state index in [-0.39, 0.29) is 11.9 Å². The molecule has 1 amide bonds. The number of carbonyl (C=O) groups excluding carboxylic acids is 1. The molecule has 1 aliphatic rings. The maximum absolute atomic E-state index is 12.5. The van der Waals surface area contributed by atoms with Gasteiger partial charge in [-0.25, -0.2) is 4.79 Å². The van der Waals surface area contributed by atoms with Crippen molar-refractivity contribution in [2.24, 2.45) is 0 Å². The van der Waals surface area contributed by atoms with E-state index in [1.54, 1.807) is 31.2 Å². The maximum atomic E-state index is 12.5. The normalized spacial score (nSPS) is 16.9. The minimum Gasteiger partial charge on any atom is -0.480 e. The molecule has 0 radical (unpaired) electrons. The van der Waals surface area contributed by atoms with Gasteiger partial charge in [0.25, 0.3) is 5.91 Å². The molecule has 1 N–H and O–H groups in total. The van der Waals surface area contributed by atoms with Gasteiger partial charge in [-0.15, -0.1) is 0 Å². The van der Waals surface area contributed by atoms with E-state index >= 15 is 0 Å². The lowest BCUT2D eigenvalue weighted by Gasteiger charge is -2.29. The van der Waals surface area contributed by atoms with Crippen LogP contribution in [0.25, 0.3) is 0 Å². The van der Waals surface area contributed by atoms with E-state index in [9.17, 15) is 9.59 Å². The highest BCUT2D eigenvalue weighted by Gasteiger charge is 2.40. The number of halogens is 1. The van der Waals surface area contributed by atoms with Gasteiger partial charge in [0, 0.05) is 6.04 Å². The number of benzene rings is 1. The van der Waals surface area contributed by atoms with Gasteiger partial charge in [0.1, 0.15) is 11.8 Å². The summed E-state index contributed by atoms with van der Waals surface area (Å²) >= 11 is 6.00. The number of carboxylic acids is 1. The molecule has 1 aromatic rings. The van der Waals surface area contributed by atoms with E-state index in [0.717, 1.165) is 12.8 Å². The summed E-state index contributed by atoms with van der Waals surface area (Å²) < 4.78 is 5.58. The zero-order chi connectivity index (χ0) is 15.6. The first-order valence-corrected chi connectivity index (χ1v) is 7.25. The Morgan fingerprint density at radius 2 is 1.95 bits per heavy atom. The lowest BCUT2D eigenvalue weighted by molar-refractivity contribution is -0.153. The number of aliphatic carboxylic acids is 1. The van der Waals surface area contributed by atoms with E-state index < -0.39 is 18.1 Å². The third-order valence-electron chi connectivity index (χ3n) is 3.46. The van der Waals surface area contributed by atoms with Gasteiger partial charge in [0.05, 0.1) is 5.02 Å². The lowest BCUT2D eigenvalue weighted by atomic mass is 10.2. The molecule has 5 nitrogen and oxygen atoms in total. The summed E-state index contributed by atoms with van der Waals surface area (Å²) in [6.07, 6.45) is 0.886. The average Bonchev–Trinajstić information content (AvgIpc) is 3.25. The quantitative estimate of drug-likeness (QED) is 0.877. The highest BCUT2D eigenvalue weighted by Crippen LogP contribution is 2.30. The SMILES string of the molecule is CC(Oc1ccccc1Cl)C(=O)N(C1CC1)C(C)C(=O)O. The van der Waals surface area contributed by atoms with Crippen molar-refractivity contribution in [2.45, 2.75) is 44.9 Å². The Bertz CT molecular complexity index is 544. The minimum absolute atomic E-state index is 0.000829. The van der Waals surface area contributed by atoms with Crippen molar-refractivity contribution < 1.29 is 19.4 Å². The van der Waals surface area contributed by atoms with Crippen molar-refractivity contribution in [1.82, 2.24) is 4.90 Å². The van der Waals surface area contributed by atoms with Gasteiger partial charge in [0.2, 0.25) is 0 Å². The zero-order valence-electron chi connectivity index (χ0n) is 12.0. The lowest BCUT2D eigenvalue weighted by Crippen LogP contribution is -2.49. The molecule has 0 aromatic heterocycles. The first-order chi connectivity index (χ1) is 9.91. The number of hydrogen-bond acceptors (Lipinski definition) is 3. The molecular weight excluding hydrogens is 294 g/mol. The van der Waals surface area contributed by atoms with Gasteiger partial charge in [-0.1, -0.05) is 23.7 Å². The second-order valence-electron chi connectivity index (χ2n) is 5.18. The molecule has 1 saturated carbocycles. The number of hydrogen-bond donors (Lipinski definition) is 1. The minimum atomic E-state index is -1.01. The molecule has 0 heterocycles. The number of amides is 1. The van der Waals surface area contributed by atoms with Crippen LogP contribution in [0, 0.1) is 0 Å². The highest BCUT2D eigenvalue weighted by atomic mass is 35.5. The Labute approximate surface area is 128 Å². The Balaban J connectivity index is 2.10. The second kappa shape index (κ2) is 6.35. The third kappa shape index (κ3) is 3.67. The number of rotatable bonds is 6. The second-order valence-corrected chi connectivity index (χ2v) is 5.59. The molecule has 114 valence electrons. The van der Waals surface area contributed by atoms with Crippen LogP contribution >= 0.6 is 11.6 Å². The van der Waals surface area contributed by atoms with E-state index in [4.69, 9.17) is 21.4 Å². The Morgan fingerprint density at radius 3 is 2.48 bits per heavy atom. The number of ether oxygens (including phenoxy) is 1. The predicted molar refractivity (Wildman–Crippen MR) is 78.5 cm³/mol. The summed E-state index contributed by atoms with van der Waals surface area (Å²) in [4.78, 5) is 25.0. The molecule has 21 heavy (non-hydrogen) atoms. The molecule has 2 rings (SSSR count). The topological polar surface area (TPSA) is 66.8 Å². The summed E-state index contributed by atoms with van der Waals surface area (Å²) in [6.45, 7) is 3.12. The third-order valence-corrected chi connectivity index (χ3v) is 3.77. The molecule has 0 bridgehead atoms. The number of carbonyl (C=O) groups is 2. The van der Waals surface area contributed by atoms with Crippen LogP contribution in [-0.4, -0.2) is 40.1 Å². The Kier molecular flexibility index (Phi) is 4.73. The predicted octanol–water partition coefficient (Wildman–Crippen LogP) is 2.57. The number of para-hydroxylation sites is 1. The van der Waals surface area contributed by atoms with Gasteiger partial charge in [0.15, 0.2) is 6.10 Å². The summed E-state index contributed by atoms with van der Waals surface area (Å²) in [7, 11) is 0. The Hall–Kier alpha value is -1.75. The van der Waals surface area contributed by atoms with Crippen LogP contribution in [0.15, 0.2) is 24.3 Å². The molecule has 1 aliphatic carbocycles. The summed E-state index contributed by atoms with van der Waals surface area (Å²) in [5.74, 6) is -0.925. The molecule has 6 heteroatoms. The fourth-order valence-corrected chi connectivity index (χ4v) is 2.33. The van der Waals surface area contributed by atoms with E-state index in [0.29, 0.717) is 10.8 Å². The monoisotopic (exact) mass is 311 g/mol. The van der Waals surface area contributed by atoms with Gasteiger partial charge < -0.3 is 14.7 Å². The van der Waals surface area contributed by atoms with Crippen LogP contribution in [0.3, 0.4) is 0 Å². The van der Waals surface area contributed by atoms with Crippen molar-refractivity contribution in [1.29, 1.82) is 0 Å². The van der Waals surface area contributed by atoms with Gasteiger partial charge >= 0.3 is 5.97 Å². The van der Waals surface area contributed by atoms with Crippen molar-refractivity contribution in [2.75, 3.05) is 0 Å². The van der Waals surface area contributed by atoms with E-state index in [1.165, 1.54) is 11.8 Å². The fraction of sp³-hybridized carbons (Fsp3) is 0.467. The van der Waals surface area contributed by atoms with Crippen LogP contribution in [0.1, 0.15) is 26.7 Å². The standard InChI is InChI=1S/C15H18ClNO4/c1-9(15(19)20)17(11-7-8-11)14(18)10(2)21-13-6-4-3-5-12(13)16/h3-6,9-11H,7-8H2,1-2H3,(H,19,20). The molecule has 1 fully saturated rings. The highest BCUT2D eigenvalue weighted by molar-refractivity contribution is 6.32. The summed E-state index contributed by atoms with van der Waals surface area (Å²) in [5.41, 5.74) is 0. The molecule has 0 saturated heterocycles. The average molecular weight is 312 g/mol. The van der Waals surface area contributed by atoms with Crippen LogP contribution in [0.5, 0.6) is 5.75 Å². The fourth-order valence-electron chi connectivity index (χ4n) is 2.15. The number of carboxylic acid groups (broad SMARTS) is 1. The first-order valence-electron chi connectivity index (χ1n) is 6.88. The van der Waals surface area contributed by atoms with Crippen LogP contribution in [0.4, 0.5) is 0 Å². The molecule has 0 spiro atoms. The van der Waals surface area contributed by atoms with Crippen LogP contribution < -0.4 is 4.74 Å². The zero-order valence-corrected chi connectivity index (χ0v) is 12.7. The van der Waals surface area contributed by atoms with Gasteiger partial charge in [-0.3, -0.25) is 4.79 Å². The van der Waals surface area contributed by atoms with Crippen LogP contribution in [-0.2, 0) is 9.59 Å². The van der Waals surface area contributed by atoms with Crippen molar-refractivity contribution in [3.63, 3.8) is 0 Å². The van der Waals surface area contributed by atoms with Crippen molar-refractivity contribution in [3.05, 3.63) is 29.3 Å². The van der Waals surface area contributed by atoms with Gasteiger partial charge in [-0.05, 0) is 38.8 Å². The van der Waals surface area contributed by atoms with E-state index in [1.807, 2.05) is 0 Å². The molecule has 1 aromatic carbocycles. The summed E-state index contributed by atoms with van der Waals surface area (Å²) in [6, 6.07) is 6.02. The van der Waals surface area contributed by atoms with Gasteiger partial charge in [-0.2, -0.15) is 0 Å². The molecule has 2 atom stereocenters. The molecular formula is C15H18ClNO4. The van der Waals surface area contributed by atoms with E-state index in [2.05, 4.69) is 0 Å². The van der Waals surface area contributed by atoms with Crippen molar-refractivity contribution >= 4 is 23.5 Å². The largest absolute Gasteiger partial charge is 0.480 e. The van der Waals surface area contributed by atoms with Crippen LogP contribution in [0.2, 0.25) is 5.02 Å². The molecule has 0 aliphatic heterocycles.